The Morgan fingerprint density at radius 1 is 1.14 bits per heavy atom. The molecule has 5 aliphatic rings. The first-order valence-corrected chi connectivity index (χ1v) is 13.5. The third-order valence-corrected chi connectivity index (χ3v) is 9.46. The van der Waals surface area contributed by atoms with Crippen LogP contribution in [-0.4, -0.2) is 80.8 Å². The molecule has 0 bridgehead atoms. The Morgan fingerprint density at radius 2 is 1.97 bits per heavy atom. The topological polar surface area (TPSA) is 84.8 Å². The number of amidine groups is 1. The van der Waals surface area contributed by atoms with Crippen molar-refractivity contribution in [2.24, 2.45) is 15.8 Å². The van der Waals surface area contributed by atoms with Crippen molar-refractivity contribution in [3.63, 3.8) is 0 Å². The van der Waals surface area contributed by atoms with Gasteiger partial charge in [0, 0.05) is 34.9 Å². The minimum Gasteiger partial charge on any atom is -0.496 e. The highest BCUT2D eigenvalue weighted by Crippen LogP contribution is 2.66. The molecular weight excluding hydrogens is 470 g/mol. The molecule has 1 saturated carbocycles. The molecule has 0 aromatic heterocycles. The summed E-state index contributed by atoms with van der Waals surface area (Å²) in [5, 5.41) is 16.9. The van der Waals surface area contributed by atoms with Crippen molar-refractivity contribution in [2.75, 3.05) is 46.7 Å². The lowest BCUT2D eigenvalue weighted by molar-refractivity contribution is -0.0941. The van der Waals surface area contributed by atoms with Gasteiger partial charge in [0.2, 0.25) is 0 Å². The van der Waals surface area contributed by atoms with Crippen LogP contribution in [0.15, 0.2) is 52.8 Å². The van der Waals surface area contributed by atoms with Crippen LogP contribution in [0.3, 0.4) is 0 Å². The first kappa shape index (κ1) is 23.5. The van der Waals surface area contributed by atoms with E-state index in [1.54, 1.807) is 7.11 Å². The van der Waals surface area contributed by atoms with Gasteiger partial charge in [-0.1, -0.05) is 31.2 Å². The van der Waals surface area contributed by atoms with Crippen LogP contribution in [0.25, 0.3) is 10.8 Å². The lowest BCUT2D eigenvalue weighted by Gasteiger charge is -2.51. The number of nitrogens with one attached hydrogen (secondary N) is 1. The predicted octanol–water partition coefficient (Wildman–Crippen LogP) is 3.03. The Kier molecular flexibility index (Phi) is 5.52. The number of hydrogen-bond donors (Lipinski definition) is 2. The summed E-state index contributed by atoms with van der Waals surface area (Å²) >= 11 is 0. The van der Waals surface area contributed by atoms with Gasteiger partial charge in [-0.15, -0.1) is 0 Å². The number of rotatable bonds is 4. The molecule has 5 atom stereocenters. The van der Waals surface area contributed by atoms with Crippen LogP contribution in [0, 0.1) is 10.8 Å². The average Bonchev–Trinajstić information content (AvgIpc) is 3.61. The Bertz CT molecular complexity index is 1290. The van der Waals surface area contributed by atoms with E-state index in [2.05, 4.69) is 41.4 Å². The first-order valence-electron chi connectivity index (χ1n) is 13.5. The standard InChI is InChI=1S/C29H35N3O5/c1-3-28(10-12-36-17-29(28)14-23(29)33)25-24-27(32-11-13-35-15-18(32)16-37-24)31-26(30-25)21-8-9-22(34-2)20-7-5-4-6-19(20)21/h4-9,18,23,27,33H,3,10-17H2,1-2H3,(H,30,31). The van der Waals surface area contributed by atoms with Crippen LogP contribution >= 0.6 is 0 Å². The van der Waals surface area contributed by atoms with Gasteiger partial charge in [-0.05, 0) is 36.8 Å². The predicted molar refractivity (Wildman–Crippen MR) is 139 cm³/mol. The number of benzene rings is 2. The summed E-state index contributed by atoms with van der Waals surface area (Å²) in [6.07, 6.45) is 1.88. The molecule has 4 aliphatic heterocycles. The SMILES string of the molecule is CCC1(C2=C3OCC4COCCN4C3N=C(c3ccc(OC)c4ccccc34)N2)CCOCC12CC2O. The maximum Gasteiger partial charge on any atom is 0.164 e. The molecule has 37 heavy (non-hydrogen) atoms. The summed E-state index contributed by atoms with van der Waals surface area (Å²) in [7, 11) is 1.71. The van der Waals surface area contributed by atoms with Crippen molar-refractivity contribution >= 4 is 16.6 Å². The Balaban J connectivity index is 1.41. The molecule has 2 N–H and O–H groups in total. The third kappa shape index (κ3) is 3.32. The maximum absolute atomic E-state index is 11.0. The zero-order valence-corrected chi connectivity index (χ0v) is 21.5. The van der Waals surface area contributed by atoms with Gasteiger partial charge in [0.05, 0.1) is 44.8 Å². The number of fused-ring (bicyclic) bond motifs is 4. The van der Waals surface area contributed by atoms with E-state index in [9.17, 15) is 5.11 Å². The second kappa shape index (κ2) is 8.70. The van der Waals surface area contributed by atoms with E-state index >= 15 is 0 Å². The highest BCUT2D eigenvalue weighted by Gasteiger charge is 2.69. The summed E-state index contributed by atoms with van der Waals surface area (Å²) in [4.78, 5) is 7.76. The minimum atomic E-state index is -0.370. The van der Waals surface area contributed by atoms with Gasteiger partial charge < -0.3 is 29.4 Å². The van der Waals surface area contributed by atoms with Crippen molar-refractivity contribution < 1.29 is 24.1 Å². The molecule has 2 aromatic carbocycles. The molecular formula is C29H35N3O5. The molecule has 8 heteroatoms. The number of aliphatic hydroxyl groups excluding tert-OH is 1. The molecule has 5 unspecified atom stereocenters. The number of nitrogens with zero attached hydrogens (tertiary/aromatic N) is 2. The van der Waals surface area contributed by atoms with Crippen LogP contribution in [0.5, 0.6) is 5.75 Å². The van der Waals surface area contributed by atoms with Crippen LogP contribution < -0.4 is 10.1 Å². The van der Waals surface area contributed by atoms with E-state index in [4.69, 9.17) is 23.9 Å². The fourth-order valence-corrected chi connectivity index (χ4v) is 7.28. The maximum atomic E-state index is 11.0. The van der Waals surface area contributed by atoms with Crippen molar-refractivity contribution in [1.29, 1.82) is 0 Å². The fourth-order valence-electron chi connectivity index (χ4n) is 7.28. The van der Waals surface area contributed by atoms with Crippen LogP contribution in [0.1, 0.15) is 31.7 Å². The second-order valence-corrected chi connectivity index (χ2v) is 11.0. The number of aliphatic hydroxyl groups is 1. The molecule has 4 fully saturated rings. The van der Waals surface area contributed by atoms with Crippen LogP contribution in [0.2, 0.25) is 0 Å². The molecule has 2 aromatic rings. The van der Waals surface area contributed by atoms with Crippen molar-refractivity contribution in [1.82, 2.24) is 10.2 Å². The number of morpholine rings is 2. The lowest BCUT2D eigenvalue weighted by atomic mass is 9.64. The number of allylic oxidation sites excluding steroid dienone is 1. The summed E-state index contributed by atoms with van der Waals surface area (Å²) in [6, 6.07) is 12.6. The second-order valence-electron chi connectivity index (χ2n) is 11.0. The van der Waals surface area contributed by atoms with Gasteiger partial charge in [0.15, 0.2) is 11.9 Å². The molecule has 7 rings (SSSR count). The van der Waals surface area contributed by atoms with E-state index < -0.39 is 0 Å². The monoisotopic (exact) mass is 505 g/mol. The molecule has 4 heterocycles. The van der Waals surface area contributed by atoms with Gasteiger partial charge in [-0.25, -0.2) is 4.99 Å². The molecule has 0 amide bonds. The van der Waals surface area contributed by atoms with Gasteiger partial charge in [0.1, 0.15) is 18.2 Å². The quantitative estimate of drug-likeness (QED) is 0.661. The number of hydrogen-bond acceptors (Lipinski definition) is 8. The summed E-state index contributed by atoms with van der Waals surface area (Å²) in [5.74, 6) is 2.58. The molecule has 0 radical (unpaired) electrons. The average molecular weight is 506 g/mol. The molecule has 1 aliphatic carbocycles. The first-order chi connectivity index (χ1) is 18.1. The van der Waals surface area contributed by atoms with Crippen molar-refractivity contribution in [3.8, 4) is 5.75 Å². The summed E-state index contributed by atoms with van der Waals surface area (Å²) < 4.78 is 24.0. The minimum absolute atomic E-state index is 0.173. The van der Waals surface area contributed by atoms with E-state index in [1.165, 1.54) is 0 Å². The van der Waals surface area contributed by atoms with E-state index in [0.29, 0.717) is 33.0 Å². The van der Waals surface area contributed by atoms with Gasteiger partial charge in [-0.2, -0.15) is 0 Å². The smallest absolute Gasteiger partial charge is 0.164 e. The zero-order valence-electron chi connectivity index (χ0n) is 21.5. The molecule has 8 nitrogen and oxygen atoms in total. The van der Waals surface area contributed by atoms with E-state index in [1.807, 2.05) is 12.1 Å². The van der Waals surface area contributed by atoms with Crippen LogP contribution in [0.4, 0.5) is 0 Å². The molecule has 196 valence electrons. The van der Waals surface area contributed by atoms with Crippen molar-refractivity contribution in [3.05, 3.63) is 53.4 Å². The number of methoxy groups -OCH3 is 1. The van der Waals surface area contributed by atoms with Gasteiger partial charge in [-0.3, -0.25) is 4.90 Å². The summed E-state index contributed by atoms with van der Waals surface area (Å²) in [6.45, 7) is 6.21. The Morgan fingerprint density at radius 3 is 2.76 bits per heavy atom. The molecule has 3 saturated heterocycles. The van der Waals surface area contributed by atoms with E-state index in [0.717, 1.165) is 65.2 Å². The Hall–Kier alpha value is -2.65. The number of ether oxygens (including phenoxy) is 4. The highest BCUT2D eigenvalue weighted by molar-refractivity contribution is 6.12. The van der Waals surface area contributed by atoms with Crippen molar-refractivity contribution in [2.45, 2.75) is 44.5 Å². The summed E-state index contributed by atoms with van der Waals surface area (Å²) in [5.41, 5.74) is 1.54. The zero-order chi connectivity index (χ0) is 25.2. The normalized spacial score (nSPS) is 35.3. The highest BCUT2D eigenvalue weighted by atomic mass is 16.5. The van der Waals surface area contributed by atoms with Crippen LogP contribution in [-0.2, 0) is 14.2 Å². The van der Waals surface area contributed by atoms with Gasteiger partial charge in [0.25, 0.3) is 0 Å². The Labute approximate surface area is 217 Å². The third-order valence-electron chi connectivity index (χ3n) is 9.46. The lowest BCUT2D eigenvalue weighted by Crippen LogP contribution is -2.60. The van der Waals surface area contributed by atoms with Gasteiger partial charge >= 0.3 is 0 Å². The number of aliphatic imine (C=N–C) groups is 1. The molecule has 1 spiro atoms. The van der Waals surface area contributed by atoms with E-state index in [-0.39, 0.29) is 29.1 Å². The fraction of sp³-hybridized carbons (Fsp3) is 0.552. The largest absolute Gasteiger partial charge is 0.496 e.